The predicted octanol–water partition coefficient (Wildman–Crippen LogP) is 0.847. The van der Waals surface area contributed by atoms with Crippen LogP contribution in [0.1, 0.15) is 44.1 Å². The largest absolute Gasteiger partial charge is 0.493 e. The number of amides is 2. The van der Waals surface area contributed by atoms with Gasteiger partial charge in [0.2, 0.25) is 11.8 Å². The molecule has 1 aliphatic carbocycles. The molecular weight excluding hydrogens is 436 g/mol. The van der Waals surface area contributed by atoms with E-state index in [9.17, 15) is 19.8 Å². The van der Waals surface area contributed by atoms with Gasteiger partial charge in [-0.25, -0.2) is 0 Å². The van der Waals surface area contributed by atoms with E-state index in [4.69, 9.17) is 4.74 Å². The van der Waals surface area contributed by atoms with E-state index in [0.717, 1.165) is 49.1 Å². The average Bonchev–Trinajstić information content (AvgIpc) is 3.65. The van der Waals surface area contributed by atoms with Gasteiger partial charge < -0.3 is 35.8 Å². The minimum atomic E-state index is -0.435. The van der Waals surface area contributed by atoms with Gasteiger partial charge in [0.05, 0.1) is 32.4 Å². The zero-order chi connectivity index (χ0) is 23.9. The van der Waals surface area contributed by atoms with Gasteiger partial charge in [0.25, 0.3) is 0 Å². The number of fused-ring (bicyclic) bond motifs is 3. The first-order valence-corrected chi connectivity index (χ1v) is 12.6. The molecule has 2 atom stereocenters. The summed E-state index contributed by atoms with van der Waals surface area (Å²) in [5.41, 5.74) is 1.69. The highest BCUT2D eigenvalue weighted by Gasteiger charge is 2.33. The average molecular weight is 475 g/mol. The maximum absolute atomic E-state index is 12.9. The van der Waals surface area contributed by atoms with Gasteiger partial charge in [-0.3, -0.25) is 9.59 Å². The monoisotopic (exact) mass is 474 g/mol. The van der Waals surface area contributed by atoms with Gasteiger partial charge in [-0.2, -0.15) is 0 Å². The third-order valence-corrected chi connectivity index (χ3v) is 7.07. The topological polar surface area (TPSA) is 123 Å². The zero-order valence-corrected chi connectivity index (χ0v) is 19.8. The smallest absolute Gasteiger partial charge is 0.236 e. The lowest BCUT2D eigenvalue weighted by Crippen LogP contribution is -2.47. The maximum atomic E-state index is 12.9. The van der Waals surface area contributed by atoms with E-state index < -0.39 is 6.04 Å². The van der Waals surface area contributed by atoms with Crippen molar-refractivity contribution in [2.24, 2.45) is 11.8 Å². The molecule has 2 amide bonds. The van der Waals surface area contributed by atoms with Crippen LogP contribution in [0, 0.1) is 11.8 Å². The number of benzene rings is 1. The summed E-state index contributed by atoms with van der Waals surface area (Å²) in [6.45, 7) is 2.35. The number of rotatable bonds is 7. The first kappa shape index (κ1) is 24.8. The van der Waals surface area contributed by atoms with Gasteiger partial charge in [0.15, 0.2) is 0 Å². The van der Waals surface area contributed by atoms with Gasteiger partial charge in [-0.15, -0.1) is 0 Å². The number of piperidine rings is 1. The molecule has 3 aliphatic rings. The number of nitrogens with zero attached hydrogens (tertiary/aromatic N) is 1. The Morgan fingerprint density at radius 3 is 2.76 bits per heavy atom. The number of anilines is 1. The van der Waals surface area contributed by atoms with Crippen molar-refractivity contribution in [1.29, 1.82) is 0 Å². The van der Waals surface area contributed by atoms with Crippen molar-refractivity contribution in [3.63, 3.8) is 0 Å². The van der Waals surface area contributed by atoms with Crippen molar-refractivity contribution in [1.82, 2.24) is 15.5 Å². The van der Waals surface area contributed by atoms with Crippen LogP contribution in [-0.2, 0) is 16.1 Å². The van der Waals surface area contributed by atoms with Crippen molar-refractivity contribution in [3.05, 3.63) is 23.8 Å². The lowest BCUT2D eigenvalue weighted by molar-refractivity contribution is -0.133. The Bertz CT molecular complexity index is 843. The summed E-state index contributed by atoms with van der Waals surface area (Å²) < 4.78 is 6.11. The van der Waals surface area contributed by atoms with Crippen LogP contribution in [0.3, 0.4) is 0 Å². The number of ether oxygens (including phenoxy) is 1. The van der Waals surface area contributed by atoms with E-state index in [2.05, 4.69) is 16.0 Å². The molecule has 0 unspecified atom stereocenters. The Hall–Kier alpha value is -2.36. The van der Waals surface area contributed by atoms with Crippen LogP contribution in [-0.4, -0.2) is 78.5 Å². The standard InChI is InChI=1S/C25H38N4O5/c30-15-22(16-31)27-21-5-6-23-19(10-21)12-26-13-25(33)29-8-7-17(11-24(32)28-20-3-4-20)18(14-29)2-1-9-34-23/h5-6,10,17-18,20,22,26-27,30-31H,1-4,7-9,11-16H2,(H,28,32)/t17-,18-/m0/s1. The molecule has 1 saturated carbocycles. The summed E-state index contributed by atoms with van der Waals surface area (Å²) in [6, 6.07) is 5.63. The number of carbonyl (C=O) groups excluding carboxylic acids is 2. The van der Waals surface area contributed by atoms with Crippen LogP contribution >= 0.6 is 0 Å². The normalized spacial score (nSPS) is 23.7. The lowest BCUT2D eigenvalue weighted by Gasteiger charge is -2.38. The third-order valence-electron chi connectivity index (χ3n) is 7.07. The predicted molar refractivity (Wildman–Crippen MR) is 128 cm³/mol. The molecule has 1 saturated heterocycles. The van der Waals surface area contributed by atoms with Gasteiger partial charge in [-0.05, 0) is 62.1 Å². The molecule has 4 rings (SSSR count). The van der Waals surface area contributed by atoms with Gasteiger partial charge in [0, 0.05) is 43.3 Å². The maximum Gasteiger partial charge on any atom is 0.236 e. The van der Waals surface area contributed by atoms with Crippen LogP contribution in [0.2, 0.25) is 0 Å². The fraction of sp³-hybridized carbons (Fsp3) is 0.680. The summed E-state index contributed by atoms with van der Waals surface area (Å²) >= 11 is 0. The number of hydrogen-bond acceptors (Lipinski definition) is 7. The molecule has 5 N–H and O–H groups in total. The molecule has 0 spiro atoms. The zero-order valence-electron chi connectivity index (χ0n) is 19.8. The summed E-state index contributed by atoms with van der Waals surface area (Å²) in [6.07, 6.45) is 5.37. The second kappa shape index (κ2) is 11.9. The van der Waals surface area contributed by atoms with E-state index in [1.165, 1.54) is 0 Å². The second-order valence-electron chi connectivity index (χ2n) is 9.82. The Balaban J connectivity index is 1.41. The molecule has 1 aromatic rings. The number of hydrogen-bond donors (Lipinski definition) is 5. The summed E-state index contributed by atoms with van der Waals surface area (Å²) in [5, 5.41) is 28.2. The van der Waals surface area contributed by atoms with Crippen molar-refractivity contribution in [3.8, 4) is 5.75 Å². The van der Waals surface area contributed by atoms with Gasteiger partial charge in [0.1, 0.15) is 5.75 Å². The molecule has 0 aromatic heterocycles. The second-order valence-corrected chi connectivity index (χ2v) is 9.82. The highest BCUT2D eigenvalue weighted by Crippen LogP contribution is 2.31. The molecule has 2 heterocycles. The van der Waals surface area contributed by atoms with Crippen LogP contribution in [0.5, 0.6) is 5.75 Å². The molecule has 34 heavy (non-hydrogen) atoms. The van der Waals surface area contributed by atoms with E-state index in [1.54, 1.807) is 0 Å². The molecule has 2 aliphatic heterocycles. The SMILES string of the molecule is O=C(C[C@@H]1CCN2C[C@@H]1CCCOc1ccc(NC(CO)CO)cc1CNCC2=O)NC1CC1. The fourth-order valence-electron chi connectivity index (χ4n) is 4.93. The van der Waals surface area contributed by atoms with E-state index in [-0.39, 0.29) is 31.6 Å². The first-order valence-electron chi connectivity index (χ1n) is 12.6. The van der Waals surface area contributed by atoms with E-state index in [1.807, 2.05) is 23.1 Å². The van der Waals surface area contributed by atoms with Crippen molar-refractivity contribution in [2.45, 2.75) is 57.2 Å². The number of aliphatic hydroxyl groups is 2. The number of nitrogens with one attached hydrogen (secondary N) is 3. The Kier molecular flexibility index (Phi) is 8.64. The number of carbonyl (C=O) groups is 2. The van der Waals surface area contributed by atoms with Crippen LogP contribution in [0.15, 0.2) is 18.2 Å². The highest BCUT2D eigenvalue weighted by molar-refractivity contribution is 5.79. The Labute approximate surface area is 201 Å². The minimum absolute atomic E-state index is 0.0856. The van der Waals surface area contributed by atoms with Gasteiger partial charge >= 0.3 is 0 Å². The molecule has 9 nitrogen and oxygen atoms in total. The molecule has 188 valence electrons. The van der Waals surface area contributed by atoms with Crippen molar-refractivity contribution >= 4 is 17.5 Å². The van der Waals surface area contributed by atoms with Gasteiger partial charge in [-0.1, -0.05) is 0 Å². The van der Waals surface area contributed by atoms with E-state index in [0.29, 0.717) is 50.5 Å². The van der Waals surface area contributed by atoms with Crippen LogP contribution in [0.4, 0.5) is 5.69 Å². The Morgan fingerprint density at radius 1 is 1.18 bits per heavy atom. The minimum Gasteiger partial charge on any atom is -0.493 e. The van der Waals surface area contributed by atoms with Crippen molar-refractivity contribution in [2.75, 3.05) is 44.8 Å². The summed E-state index contributed by atoms with van der Waals surface area (Å²) in [7, 11) is 0. The third kappa shape index (κ3) is 6.84. The van der Waals surface area contributed by atoms with E-state index >= 15 is 0 Å². The molecule has 2 fully saturated rings. The lowest BCUT2D eigenvalue weighted by atomic mass is 9.80. The Morgan fingerprint density at radius 2 is 2.00 bits per heavy atom. The molecular formula is C25H38N4O5. The number of aliphatic hydroxyl groups excluding tert-OH is 2. The molecule has 2 bridgehead atoms. The van der Waals surface area contributed by atoms with Crippen molar-refractivity contribution < 1.29 is 24.5 Å². The van der Waals surface area contributed by atoms with Crippen LogP contribution < -0.4 is 20.7 Å². The van der Waals surface area contributed by atoms with Crippen LogP contribution in [0.25, 0.3) is 0 Å². The molecule has 9 heteroatoms. The molecule has 0 radical (unpaired) electrons. The summed E-state index contributed by atoms with van der Waals surface area (Å²) in [4.78, 5) is 27.3. The highest BCUT2D eigenvalue weighted by atomic mass is 16.5. The fourth-order valence-corrected chi connectivity index (χ4v) is 4.93. The quantitative estimate of drug-likeness (QED) is 0.397. The summed E-state index contributed by atoms with van der Waals surface area (Å²) in [5.74, 6) is 1.59. The molecule has 1 aromatic carbocycles. The first-order chi connectivity index (χ1) is 16.6.